The third-order valence-electron chi connectivity index (χ3n) is 4.37. The van der Waals surface area contributed by atoms with Crippen LogP contribution in [-0.2, 0) is 16.1 Å². The topological polar surface area (TPSA) is 73.6 Å². The van der Waals surface area contributed by atoms with Crippen molar-refractivity contribution in [1.82, 2.24) is 4.98 Å². The molecule has 2 aromatic carbocycles. The number of nitrogens with zero attached hydrogens (tertiary/aromatic N) is 1. The molecular formula is C23H26N2O4. The molecule has 0 aliphatic rings. The molecule has 0 aliphatic carbocycles. The normalized spacial score (nSPS) is 11.2. The molecule has 0 aliphatic heterocycles. The number of hydrogen-bond acceptors (Lipinski definition) is 6. The Bertz CT molecular complexity index is 947. The molecule has 0 fully saturated rings. The minimum Gasteiger partial charge on any atom is -0.476 e. The highest BCUT2D eigenvalue weighted by atomic mass is 16.6. The molecule has 152 valence electrons. The van der Waals surface area contributed by atoms with E-state index in [4.69, 9.17) is 13.9 Å². The summed E-state index contributed by atoms with van der Waals surface area (Å²) in [6.07, 6.45) is 0. The molecule has 0 unspecified atom stereocenters. The highest BCUT2D eigenvalue weighted by Crippen LogP contribution is 2.24. The Labute approximate surface area is 170 Å². The van der Waals surface area contributed by atoms with Gasteiger partial charge in [0, 0.05) is 11.3 Å². The fourth-order valence-electron chi connectivity index (χ4n) is 2.76. The van der Waals surface area contributed by atoms with Crippen molar-refractivity contribution in [1.29, 1.82) is 0 Å². The molecule has 0 amide bonds. The first kappa shape index (κ1) is 20.5. The molecular weight excluding hydrogens is 368 g/mol. The Morgan fingerprint density at radius 2 is 1.79 bits per heavy atom. The molecule has 0 saturated carbocycles. The van der Waals surface area contributed by atoms with E-state index in [0.29, 0.717) is 24.8 Å². The van der Waals surface area contributed by atoms with Crippen LogP contribution in [0.15, 0.2) is 59.0 Å². The van der Waals surface area contributed by atoms with E-state index in [1.807, 2.05) is 61.5 Å². The van der Waals surface area contributed by atoms with Gasteiger partial charge in [-0.2, -0.15) is 0 Å². The molecule has 0 radical (unpaired) electrons. The van der Waals surface area contributed by atoms with E-state index in [0.717, 1.165) is 22.7 Å². The molecule has 3 aromatic rings. The molecule has 6 nitrogen and oxygen atoms in total. The lowest BCUT2D eigenvalue weighted by atomic mass is 10.1. The number of aryl methyl sites for hydroxylation is 1. The second-order valence-corrected chi connectivity index (χ2v) is 7.10. The van der Waals surface area contributed by atoms with Crippen molar-refractivity contribution in [3.63, 3.8) is 0 Å². The van der Waals surface area contributed by atoms with Crippen molar-refractivity contribution in [2.45, 2.75) is 39.8 Å². The van der Waals surface area contributed by atoms with Gasteiger partial charge in [-0.1, -0.05) is 18.2 Å². The minimum atomic E-state index is -1.05. The fourth-order valence-corrected chi connectivity index (χ4v) is 2.76. The number of hydrogen-bond donors (Lipinski definition) is 1. The summed E-state index contributed by atoms with van der Waals surface area (Å²) in [6, 6.07) is 17.2. The Kier molecular flexibility index (Phi) is 6.22. The molecule has 6 heteroatoms. The number of ether oxygens (including phenoxy) is 2. The summed E-state index contributed by atoms with van der Waals surface area (Å²) in [5, 5.41) is 3.33. The summed E-state index contributed by atoms with van der Waals surface area (Å²) >= 11 is 0. The van der Waals surface area contributed by atoms with Gasteiger partial charge in [0.25, 0.3) is 0 Å². The number of esters is 1. The van der Waals surface area contributed by atoms with Crippen LogP contribution in [0, 0.1) is 6.92 Å². The maximum atomic E-state index is 12.0. The third kappa shape index (κ3) is 5.16. The molecule has 1 N–H and O–H groups in total. The van der Waals surface area contributed by atoms with Crippen LogP contribution in [0.5, 0.6) is 5.75 Å². The van der Waals surface area contributed by atoms with Gasteiger partial charge >= 0.3 is 5.97 Å². The van der Waals surface area contributed by atoms with Crippen LogP contribution < -0.4 is 10.1 Å². The predicted octanol–water partition coefficient (Wildman–Crippen LogP) is 4.98. The van der Waals surface area contributed by atoms with Crippen molar-refractivity contribution >= 4 is 11.7 Å². The van der Waals surface area contributed by atoms with Crippen LogP contribution in [0.4, 0.5) is 5.69 Å². The smallest absolute Gasteiger partial charge is 0.349 e. The van der Waals surface area contributed by atoms with Crippen LogP contribution in [0.3, 0.4) is 0 Å². The van der Waals surface area contributed by atoms with E-state index in [-0.39, 0.29) is 0 Å². The van der Waals surface area contributed by atoms with Gasteiger partial charge in [-0.15, -0.1) is 0 Å². The summed E-state index contributed by atoms with van der Waals surface area (Å²) in [5.74, 6) is 1.60. The number of nitrogens with one attached hydrogen (secondary N) is 1. The second-order valence-electron chi connectivity index (χ2n) is 7.10. The lowest BCUT2D eigenvalue weighted by Crippen LogP contribution is -2.39. The lowest BCUT2D eigenvalue weighted by molar-refractivity contribution is -0.158. The van der Waals surface area contributed by atoms with Crippen LogP contribution in [0.2, 0.25) is 0 Å². The number of aromatic nitrogens is 1. The molecule has 0 saturated heterocycles. The van der Waals surface area contributed by atoms with Gasteiger partial charge in [0.1, 0.15) is 17.2 Å². The van der Waals surface area contributed by atoms with Gasteiger partial charge in [0.05, 0.1) is 13.2 Å². The van der Waals surface area contributed by atoms with E-state index in [1.165, 1.54) is 0 Å². The first-order valence-corrected chi connectivity index (χ1v) is 9.61. The van der Waals surface area contributed by atoms with Crippen molar-refractivity contribution < 1.29 is 18.7 Å². The van der Waals surface area contributed by atoms with E-state index < -0.39 is 11.6 Å². The third-order valence-corrected chi connectivity index (χ3v) is 4.37. The molecule has 29 heavy (non-hydrogen) atoms. The summed E-state index contributed by atoms with van der Waals surface area (Å²) in [7, 11) is 0. The molecule has 0 bridgehead atoms. The largest absolute Gasteiger partial charge is 0.476 e. The zero-order valence-electron chi connectivity index (χ0n) is 17.2. The maximum absolute atomic E-state index is 12.0. The minimum absolute atomic E-state index is 0.321. The average Bonchev–Trinajstić information content (AvgIpc) is 3.09. The number of anilines is 1. The Morgan fingerprint density at radius 3 is 2.45 bits per heavy atom. The average molecular weight is 394 g/mol. The van der Waals surface area contributed by atoms with Crippen molar-refractivity contribution in [3.8, 4) is 17.2 Å². The van der Waals surface area contributed by atoms with Crippen LogP contribution in [0.1, 0.15) is 32.2 Å². The molecule has 0 spiro atoms. The molecule has 0 atom stereocenters. The number of carbonyl (C=O) groups excluding carboxylic acids is 1. The Hall–Kier alpha value is -3.28. The summed E-state index contributed by atoms with van der Waals surface area (Å²) < 4.78 is 16.6. The predicted molar refractivity (Wildman–Crippen MR) is 112 cm³/mol. The first-order chi connectivity index (χ1) is 13.9. The van der Waals surface area contributed by atoms with Crippen molar-refractivity contribution in [2.24, 2.45) is 0 Å². The van der Waals surface area contributed by atoms with E-state index in [1.54, 1.807) is 20.8 Å². The van der Waals surface area contributed by atoms with Crippen molar-refractivity contribution in [2.75, 3.05) is 11.9 Å². The summed E-state index contributed by atoms with van der Waals surface area (Å²) in [4.78, 5) is 16.5. The number of oxazole rings is 1. The SMILES string of the molecule is CCOC(=O)C(C)(C)Oc1ccc(NCc2nc(-c3ccccc3)oc2C)cc1. The van der Waals surface area contributed by atoms with Gasteiger partial charge in [0.15, 0.2) is 5.60 Å². The zero-order chi connectivity index (χ0) is 20.9. The highest BCUT2D eigenvalue weighted by Gasteiger charge is 2.31. The number of rotatable bonds is 8. The van der Waals surface area contributed by atoms with Gasteiger partial charge < -0.3 is 19.2 Å². The standard InChI is InChI=1S/C23H26N2O4/c1-5-27-22(26)23(3,4)29-19-13-11-18(12-14-19)24-15-20-16(2)28-21(25-20)17-9-7-6-8-10-17/h6-14,24H,5,15H2,1-4H3. The maximum Gasteiger partial charge on any atom is 0.349 e. The Balaban J connectivity index is 1.61. The lowest BCUT2D eigenvalue weighted by Gasteiger charge is -2.24. The summed E-state index contributed by atoms with van der Waals surface area (Å²) in [5.41, 5.74) is 1.67. The number of carbonyl (C=O) groups is 1. The highest BCUT2D eigenvalue weighted by molar-refractivity contribution is 5.79. The molecule has 1 aromatic heterocycles. The van der Waals surface area contributed by atoms with Gasteiger partial charge in [-0.25, -0.2) is 9.78 Å². The Morgan fingerprint density at radius 1 is 1.10 bits per heavy atom. The van der Waals surface area contributed by atoms with Crippen LogP contribution in [-0.4, -0.2) is 23.2 Å². The zero-order valence-corrected chi connectivity index (χ0v) is 17.2. The van der Waals surface area contributed by atoms with Gasteiger partial charge in [-0.3, -0.25) is 0 Å². The van der Waals surface area contributed by atoms with Crippen LogP contribution in [0.25, 0.3) is 11.5 Å². The van der Waals surface area contributed by atoms with Gasteiger partial charge in [0.2, 0.25) is 5.89 Å². The van der Waals surface area contributed by atoms with Gasteiger partial charge in [-0.05, 0) is 64.1 Å². The second kappa shape index (κ2) is 8.82. The first-order valence-electron chi connectivity index (χ1n) is 9.61. The van der Waals surface area contributed by atoms with E-state index in [2.05, 4.69) is 10.3 Å². The quantitative estimate of drug-likeness (QED) is 0.543. The van der Waals surface area contributed by atoms with Crippen LogP contribution >= 0.6 is 0 Å². The van der Waals surface area contributed by atoms with E-state index >= 15 is 0 Å². The summed E-state index contributed by atoms with van der Waals surface area (Å²) in [6.45, 7) is 7.92. The molecule has 3 rings (SSSR count). The number of benzene rings is 2. The monoisotopic (exact) mass is 394 g/mol. The van der Waals surface area contributed by atoms with Crippen molar-refractivity contribution in [3.05, 3.63) is 66.1 Å². The molecule has 1 heterocycles. The fraction of sp³-hybridized carbons (Fsp3) is 0.304. The van der Waals surface area contributed by atoms with E-state index in [9.17, 15) is 4.79 Å².